The number of nitrogen functional groups attached to an aromatic ring is 1. The van der Waals surface area contributed by atoms with Gasteiger partial charge in [-0.2, -0.15) is 0 Å². The van der Waals surface area contributed by atoms with Crippen molar-refractivity contribution in [2.45, 2.75) is 6.43 Å². The summed E-state index contributed by atoms with van der Waals surface area (Å²) >= 11 is 0. The predicted molar refractivity (Wildman–Crippen MR) is 40.6 cm³/mol. The number of pyridine rings is 1. The van der Waals surface area contributed by atoms with Gasteiger partial charge in [0.2, 0.25) is 0 Å². The molecule has 3 N–H and O–H groups in total. The van der Waals surface area contributed by atoms with Crippen LogP contribution in [0.1, 0.15) is 22.5 Å². The van der Waals surface area contributed by atoms with Gasteiger partial charge in [0.25, 0.3) is 6.43 Å². The van der Waals surface area contributed by atoms with Crippen molar-refractivity contribution in [3.8, 4) is 0 Å². The second kappa shape index (κ2) is 3.34. The van der Waals surface area contributed by atoms with Crippen LogP contribution < -0.4 is 5.73 Å². The Labute approximate surface area is 72.0 Å². The fourth-order valence-corrected chi connectivity index (χ4v) is 0.786. The molecule has 1 rings (SSSR count). The number of alkyl halides is 2. The van der Waals surface area contributed by atoms with Crippen LogP contribution in [-0.2, 0) is 0 Å². The normalized spacial score (nSPS) is 10.4. The molecule has 70 valence electrons. The minimum atomic E-state index is -2.75. The summed E-state index contributed by atoms with van der Waals surface area (Å²) in [5, 5.41) is 8.49. The Bertz CT molecular complexity index is 341. The van der Waals surface area contributed by atoms with Crippen LogP contribution in [0.5, 0.6) is 0 Å². The summed E-state index contributed by atoms with van der Waals surface area (Å²) in [6.45, 7) is 0. The number of nitrogens with zero attached hydrogens (tertiary/aromatic N) is 1. The molecule has 0 amide bonds. The minimum Gasteiger partial charge on any atom is -0.478 e. The molecular formula is C7H6F2N2O2. The molecule has 0 spiro atoms. The molecule has 0 atom stereocenters. The highest BCUT2D eigenvalue weighted by atomic mass is 19.3. The number of hydrogen-bond donors (Lipinski definition) is 2. The van der Waals surface area contributed by atoms with Crippen LogP contribution >= 0.6 is 0 Å². The lowest BCUT2D eigenvalue weighted by Gasteiger charge is -2.02. The van der Waals surface area contributed by atoms with Gasteiger partial charge < -0.3 is 10.8 Å². The van der Waals surface area contributed by atoms with Crippen LogP contribution in [0.3, 0.4) is 0 Å². The third-order valence-electron chi connectivity index (χ3n) is 1.41. The maximum atomic E-state index is 12.0. The van der Waals surface area contributed by atoms with E-state index in [1.807, 2.05) is 0 Å². The van der Waals surface area contributed by atoms with Crippen LogP contribution in [0.15, 0.2) is 12.3 Å². The zero-order valence-corrected chi connectivity index (χ0v) is 6.37. The second-order valence-corrected chi connectivity index (χ2v) is 2.30. The molecular weight excluding hydrogens is 182 g/mol. The third-order valence-corrected chi connectivity index (χ3v) is 1.41. The van der Waals surface area contributed by atoms with E-state index in [0.29, 0.717) is 0 Å². The van der Waals surface area contributed by atoms with Crippen LogP contribution in [0.4, 0.5) is 14.5 Å². The lowest BCUT2D eigenvalue weighted by Crippen LogP contribution is -2.04. The quantitative estimate of drug-likeness (QED) is 0.733. The number of anilines is 1. The first-order valence-electron chi connectivity index (χ1n) is 3.29. The van der Waals surface area contributed by atoms with Gasteiger partial charge in [-0.1, -0.05) is 0 Å². The fourth-order valence-electron chi connectivity index (χ4n) is 0.786. The van der Waals surface area contributed by atoms with Crippen molar-refractivity contribution in [2.24, 2.45) is 0 Å². The van der Waals surface area contributed by atoms with E-state index in [1.165, 1.54) is 0 Å². The largest absolute Gasteiger partial charge is 0.478 e. The van der Waals surface area contributed by atoms with Crippen molar-refractivity contribution >= 4 is 11.7 Å². The van der Waals surface area contributed by atoms with E-state index >= 15 is 0 Å². The summed E-state index contributed by atoms with van der Waals surface area (Å²) in [6.07, 6.45) is -1.93. The number of rotatable bonds is 2. The highest BCUT2D eigenvalue weighted by Crippen LogP contribution is 2.20. The zero-order chi connectivity index (χ0) is 10.0. The van der Waals surface area contributed by atoms with Crippen LogP contribution in [0, 0.1) is 0 Å². The van der Waals surface area contributed by atoms with E-state index < -0.39 is 18.1 Å². The van der Waals surface area contributed by atoms with E-state index in [9.17, 15) is 13.6 Å². The maximum absolute atomic E-state index is 12.0. The van der Waals surface area contributed by atoms with E-state index in [0.717, 1.165) is 12.3 Å². The number of aromatic carboxylic acids is 1. The monoisotopic (exact) mass is 188 g/mol. The number of carbonyl (C=O) groups is 1. The average molecular weight is 188 g/mol. The Balaban J connectivity index is 3.13. The molecule has 0 aliphatic heterocycles. The predicted octanol–water partition coefficient (Wildman–Crippen LogP) is 1.30. The van der Waals surface area contributed by atoms with Gasteiger partial charge in [-0.05, 0) is 6.07 Å². The van der Waals surface area contributed by atoms with Gasteiger partial charge in [-0.3, -0.25) is 4.98 Å². The minimum absolute atomic E-state index is 0.210. The van der Waals surface area contributed by atoms with Gasteiger partial charge in [0.1, 0.15) is 11.3 Å². The summed E-state index contributed by atoms with van der Waals surface area (Å²) in [7, 11) is 0. The molecule has 0 saturated heterocycles. The third kappa shape index (κ3) is 1.90. The SMILES string of the molecule is Nc1cc(C(F)F)ncc1C(=O)O. The summed E-state index contributed by atoms with van der Waals surface area (Å²) < 4.78 is 24.0. The number of carboxylic acids is 1. The summed E-state index contributed by atoms with van der Waals surface area (Å²) in [6, 6.07) is 0.855. The van der Waals surface area contributed by atoms with Crippen molar-refractivity contribution in [1.29, 1.82) is 0 Å². The molecule has 0 aliphatic rings. The molecule has 0 radical (unpaired) electrons. The molecule has 0 fully saturated rings. The zero-order valence-electron chi connectivity index (χ0n) is 6.37. The molecule has 0 saturated carbocycles. The van der Waals surface area contributed by atoms with Crippen molar-refractivity contribution in [3.63, 3.8) is 0 Å². The first-order chi connectivity index (χ1) is 6.02. The van der Waals surface area contributed by atoms with Gasteiger partial charge in [-0.15, -0.1) is 0 Å². The maximum Gasteiger partial charge on any atom is 0.339 e. The molecule has 0 bridgehead atoms. The number of halogens is 2. The molecule has 0 aromatic carbocycles. The van der Waals surface area contributed by atoms with Gasteiger partial charge in [0.05, 0.1) is 0 Å². The molecule has 6 heteroatoms. The number of carboxylic acid groups (broad SMARTS) is 1. The van der Waals surface area contributed by atoms with Crippen molar-refractivity contribution < 1.29 is 18.7 Å². The molecule has 0 aliphatic carbocycles. The van der Waals surface area contributed by atoms with Crippen LogP contribution in [0.25, 0.3) is 0 Å². The van der Waals surface area contributed by atoms with Gasteiger partial charge in [0.15, 0.2) is 0 Å². The lowest BCUT2D eigenvalue weighted by molar-refractivity contribution is 0.0697. The fraction of sp³-hybridized carbons (Fsp3) is 0.143. The summed E-state index contributed by atoms with van der Waals surface area (Å²) in [4.78, 5) is 13.6. The molecule has 1 heterocycles. The smallest absolute Gasteiger partial charge is 0.339 e. The van der Waals surface area contributed by atoms with E-state index in [1.54, 1.807) is 0 Å². The van der Waals surface area contributed by atoms with Crippen LogP contribution in [0.2, 0.25) is 0 Å². The van der Waals surface area contributed by atoms with Gasteiger partial charge in [-0.25, -0.2) is 13.6 Å². The van der Waals surface area contributed by atoms with Crippen LogP contribution in [-0.4, -0.2) is 16.1 Å². The molecule has 4 nitrogen and oxygen atoms in total. The molecule has 0 unspecified atom stereocenters. The van der Waals surface area contributed by atoms with Crippen molar-refractivity contribution in [1.82, 2.24) is 4.98 Å². The molecule has 1 aromatic heterocycles. The Hall–Kier alpha value is -1.72. The second-order valence-electron chi connectivity index (χ2n) is 2.30. The Morgan fingerprint density at radius 2 is 2.23 bits per heavy atom. The highest BCUT2D eigenvalue weighted by Gasteiger charge is 2.13. The van der Waals surface area contributed by atoms with E-state index in [2.05, 4.69) is 4.98 Å². The first-order valence-corrected chi connectivity index (χ1v) is 3.29. The summed E-state index contributed by atoms with van der Waals surface area (Å²) in [5.74, 6) is -1.29. The van der Waals surface area contributed by atoms with E-state index in [4.69, 9.17) is 10.8 Å². The van der Waals surface area contributed by atoms with E-state index in [-0.39, 0.29) is 11.3 Å². The number of nitrogens with two attached hydrogens (primary N) is 1. The first kappa shape index (κ1) is 9.37. The Morgan fingerprint density at radius 1 is 1.62 bits per heavy atom. The van der Waals surface area contributed by atoms with Crippen molar-refractivity contribution in [2.75, 3.05) is 5.73 Å². The summed E-state index contributed by atoms with van der Waals surface area (Å²) in [5.41, 5.74) is 4.20. The topological polar surface area (TPSA) is 76.2 Å². The standard InChI is InChI=1S/C7H6F2N2O2/c8-6(9)5-1-4(10)3(2-11-5)7(12)13/h1-2,6H,(H2,10,11)(H,12,13). The van der Waals surface area contributed by atoms with Crippen molar-refractivity contribution in [3.05, 3.63) is 23.5 Å². The van der Waals surface area contributed by atoms with Gasteiger partial charge in [0, 0.05) is 11.9 Å². The average Bonchev–Trinajstić information content (AvgIpc) is 2.03. The Kier molecular flexibility index (Phi) is 2.41. The molecule has 13 heavy (non-hydrogen) atoms. The Morgan fingerprint density at radius 3 is 2.62 bits per heavy atom. The number of aromatic nitrogens is 1. The molecule has 1 aromatic rings. The van der Waals surface area contributed by atoms with Gasteiger partial charge >= 0.3 is 5.97 Å². The highest BCUT2D eigenvalue weighted by molar-refractivity contribution is 5.93. The lowest BCUT2D eigenvalue weighted by atomic mass is 10.2. The number of hydrogen-bond acceptors (Lipinski definition) is 3.